The Balaban J connectivity index is 1.73. The average molecular weight is 269 g/mol. The second-order valence-electron chi connectivity index (χ2n) is 5.16. The first-order valence-electron chi connectivity index (χ1n) is 6.93. The van der Waals surface area contributed by atoms with Crippen molar-refractivity contribution >= 4 is 5.69 Å². The highest BCUT2D eigenvalue weighted by molar-refractivity contribution is 5.52. The van der Waals surface area contributed by atoms with Crippen molar-refractivity contribution < 1.29 is 9.47 Å². The summed E-state index contributed by atoms with van der Waals surface area (Å²) in [5, 5.41) is 0. The second-order valence-corrected chi connectivity index (χ2v) is 5.16. The van der Waals surface area contributed by atoms with Gasteiger partial charge >= 0.3 is 0 Å². The number of methoxy groups -OCH3 is 1. The predicted molar refractivity (Wildman–Crippen MR) is 80.2 cm³/mol. The Kier molecular flexibility index (Phi) is 3.50. The molecule has 3 heteroatoms. The van der Waals surface area contributed by atoms with Crippen molar-refractivity contribution in [2.45, 2.75) is 25.9 Å². The van der Waals surface area contributed by atoms with Crippen LogP contribution in [0.25, 0.3) is 0 Å². The van der Waals surface area contributed by atoms with E-state index < -0.39 is 0 Å². The van der Waals surface area contributed by atoms with Crippen LogP contribution in [-0.2, 0) is 19.4 Å². The lowest BCUT2D eigenvalue weighted by Gasteiger charge is -2.12. The summed E-state index contributed by atoms with van der Waals surface area (Å²) in [6, 6.07) is 12.1. The number of benzene rings is 2. The molecule has 0 fully saturated rings. The molecule has 0 amide bonds. The number of nitrogen functional groups attached to an aromatic ring is 1. The summed E-state index contributed by atoms with van der Waals surface area (Å²) >= 11 is 0. The molecule has 0 unspecified atom stereocenters. The van der Waals surface area contributed by atoms with Gasteiger partial charge in [0.1, 0.15) is 6.61 Å². The average Bonchev–Trinajstić information content (AvgIpc) is 2.93. The number of anilines is 1. The van der Waals surface area contributed by atoms with Crippen LogP contribution in [0.3, 0.4) is 0 Å². The Bertz CT molecular complexity index is 622. The van der Waals surface area contributed by atoms with E-state index in [2.05, 4.69) is 18.2 Å². The van der Waals surface area contributed by atoms with Gasteiger partial charge in [0.05, 0.1) is 7.11 Å². The second kappa shape index (κ2) is 5.45. The Hall–Kier alpha value is -2.16. The lowest BCUT2D eigenvalue weighted by molar-refractivity contribution is 0.284. The maximum atomic E-state index is 5.85. The van der Waals surface area contributed by atoms with Gasteiger partial charge in [0.25, 0.3) is 0 Å². The van der Waals surface area contributed by atoms with E-state index in [1.165, 1.54) is 36.0 Å². The SMILES string of the molecule is COc1cc(N)ccc1OCc1ccc2c(c1)CCC2. The van der Waals surface area contributed by atoms with E-state index in [-0.39, 0.29) is 0 Å². The fourth-order valence-electron chi connectivity index (χ4n) is 2.68. The quantitative estimate of drug-likeness (QED) is 0.866. The Labute approximate surface area is 119 Å². The Morgan fingerprint density at radius 1 is 1.00 bits per heavy atom. The first kappa shape index (κ1) is 12.9. The Morgan fingerprint density at radius 3 is 2.70 bits per heavy atom. The van der Waals surface area contributed by atoms with Crippen LogP contribution < -0.4 is 15.2 Å². The maximum absolute atomic E-state index is 5.85. The fraction of sp³-hybridized carbons (Fsp3) is 0.294. The minimum absolute atomic E-state index is 0.549. The van der Waals surface area contributed by atoms with Crippen molar-refractivity contribution in [2.75, 3.05) is 12.8 Å². The topological polar surface area (TPSA) is 44.5 Å². The molecule has 20 heavy (non-hydrogen) atoms. The molecule has 0 bridgehead atoms. The van der Waals surface area contributed by atoms with E-state index >= 15 is 0 Å². The summed E-state index contributed by atoms with van der Waals surface area (Å²) in [5.74, 6) is 1.40. The molecule has 0 heterocycles. The van der Waals surface area contributed by atoms with Gasteiger partial charge in [-0.15, -0.1) is 0 Å². The summed E-state index contributed by atoms with van der Waals surface area (Å²) in [5.41, 5.74) is 10.6. The largest absolute Gasteiger partial charge is 0.493 e. The van der Waals surface area contributed by atoms with Crippen molar-refractivity contribution in [3.8, 4) is 11.5 Å². The lowest BCUT2D eigenvalue weighted by Crippen LogP contribution is -1.99. The third-order valence-electron chi connectivity index (χ3n) is 3.74. The van der Waals surface area contributed by atoms with Gasteiger partial charge in [0, 0.05) is 11.8 Å². The number of hydrogen-bond acceptors (Lipinski definition) is 3. The van der Waals surface area contributed by atoms with Crippen LogP contribution >= 0.6 is 0 Å². The first-order valence-corrected chi connectivity index (χ1v) is 6.93. The molecule has 2 aromatic rings. The van der Waals surface area contributed by atoms with Crippen molar-refractivity contribution in [1.82, 2.24) is 0 Å². The van der Waals surface area contributed by atoms with Crippen LogP contribution in [0.5, 0.6) is 11.5 Å². The molecular formula is C17H19NO2. The van der Waals surface area contributed by atoms with Crippen molar-refractivity contribution in [2.24, 2.45) is 0 Å². The molecule has 0 saturated heterocycles. The summed E-state index contributed by atoms with van der Waals surface area (Å²) in [6.45, 7) is 0.549. The molecule has 3 rings (SSSR count). The molecule has 1 aliphatic carbocycles. The number of nitrogens with two attached hydrogens (primary N) is 1. The van der Waals surface area contributed by atoms with Crippen LogP contribution in [-0.4, -0.2) is 7.11 Å². The molecule has 2 N–H and O–H groups in total. The molecule has 0 atom stereocenters. The molecule has 104 valence electrons. The molecular weight excluding hydrogens is 250 g/mol. The molecule has 0 radical (unpaired) electrons. The van der Waals surface area contributed by atoms with Crippen LogP contribution in [0, 0.1) is 0 Å². The smallest absolute Gasteiger partial charge is 0.162 e. The number of aryl methyl sites for hydroxylation is 2. The van der Waals surface area contributed by atoms with E-state index in [1.54, 1.807) is 13.2 Å². The van der Waals surface area contributed by atoms with Crippen molar-refractivity contribution in [3.63, 3.8) is 0 Å². The maximum Gasteiger partial charge on any atom is 0.162 e. The highest BCUT2D eigenvalue weighted by Crippen LogP contribution is 2.30. The van der Waals surface area contributed by atoms with Crippen molar-refractivity contribution in [3.05, 3.63) is 53.1 Å². The van der Waals surface area contributed by atoms with Crippen LogP contribution in [0.2, 0.25) is 0 Å². The lowest BCUT2D eigenvalue weighted by atomic mass is 10.1. The third kappa shape index (κ3) is 2.57. The van der Waals surface area contributed by atoms with Gasteiger partial charge in [0.2, 0.25) is 0 Å². The number of ether oxygens (including phenoxy) is 2. The number of rotatable bonds is 4. The van der Waals surface area contributed by atoms with E-state index in [1.807, 2.05) is 12.1 Å². The van der Waals surface area contributed by atoms with Gasteiger partial charge in [0.15, 0.2) is 11.5 Å². The summed E-state index contributed by atoms with van der Waals surface area (Å²) in [4.78, 5) is 0. The zero-order chi connectivity index (χ0) is 13.9. The fourth-order valence-corrected chi connectivity index (χ4v) is 2.68. The highest BCUT2D eigenvalue weighted by Gasteiger charge is 2.11. The molecule has 2 aromatic carbocycles. The summed E-state index contributed by atoms with van der Waals surface area (Å²) < 4.78 is 11.1. The first-order chi connectivity index (χ1) is 9.76. The monoisotopic (exact) mass is 269 g/mol. The molecule has 0 spiro atoms. The molecule has 1 aliphatic rings. The molecule has 0 aliphatic heterocycles. The summed E-state index contributed by atoms with van der Waals surface area (Å²) in [7, 11) is 1.62. The van der Waals surface area contributed by atoms with Gasteiger partial charge in [-0.3, -0.25) is 0 Å². The van der Waals surface area contributed by atoms with E-state index in [4.69, 9.17) is 15.2 Å². The molecule has 3 nitrogen and oxygen atoms in total. The zero-order valence-electron chi connectivity index (χ0n) is 11.7. The zero-order valence-corrected chi connectivity index (χ0v) is 11.7. The van der Waals surface area contributed by atoms with Crippen LogP contribution in [0.4, 0.5) is 5.69 Å². The normalized spacial score (nSPS) is 13.1. The van der Waals surface area contributed by atoms with Crippen LogP contribution in [0.15, 0.2) is 36.4 Å². The highest BCUT2D eigenvalue weighted by atomic mass is 16.5. The third-order valence-corrected chi connectivity index (χ3v) is 3.74. The van der Waals surface area contributed by atoms with Gasteiger partial charge < -0.3 is 15.2 Å². The van der Waals surface area contributed by atoms with Gasteiger partial charge in [-0.2, -0.15) is 0 Å². The number of fused-ring (bicyclic) bond motifs is 1. The van der Waals surface area contributed by atoms with E-state index in [9.17, 15) is 0 Å². The van der Waals surface area contributed by atoms with Gasteiger partial charge in [-0.25, -0.2) is 0 Å². The Morgan fingerprint density at radius 2 is 1.85 bits per heavy atom. The standard InChI is InChI=1S/C17H19NO2/c1-19-17-10-15(18)7-8-16(17)20-11-12-5-6-13-3-2-4-14(13)9-12/h5-10H,2-4,11,18H2,1H3. The molecule has 0 aromatic heterocycles. The predicted octanol–water partition coefficient (Wildman–Crippen LogP) is 3.35. The number of hydrogen-bond donors (Lipinski definition) is 1. The van der Waals surface area contributed by atoms with Gasteiger partial charge in [-0.05, 0) is 48.1 Å². The van der Waals surface area contributed by atoms with Crippen LogP contribution in [0.1, 0.15) is 23.1 Å². The summed E-state index contributed by atoms with van der Waals surface area (Å²) in [6.07, 6.45) is 3.67. The minimum atomic E-state index is 0.549. The van der Waals surface area contributed by atoms with Gasteiger partial charge in [-0.1, -0.05) is 18.2 Å². The van der Waals surface area contributed by atoms with E-state index in [0.29, 0.717) is 18.0 Å². The minimum Gasteiger partial charge on any atom is -0.493 e. The van der Waals surface area contributed by atoms with E-state index in [0.717, 1.165) is 5.75 Å². The van der Waals surface area contributed by atoms with Crippen molar-refractivity contribution in [1.29, 1.82) is 0 Å². The molecule has 0 saturated carbocycles.